The highest BCUT2D eigenvalue weighted by molar-refractivity contribution is 5.85. The molecule has 5 rings (SSSR count). The molecule has 1 fully saturated rings. The molecular formula is C25H30Cl2FN5O5. The molecule has 0 unspecified atom stereocenters. The van der Waals surface area contributed by atoms with Gasteiger partial charge in [0.15, 0.2) is 11.5 Å². The second kappa shape index (κ2) is 13.2. The molecule has 0 bridgehead atoms. The van der Waals surface area contributed by atoms with Crippen LogP contribution in [0.1, 0.15) is 17.7 Å². The zero-order chi connectivity index (χ0) is 25.1. The maximum atomic E-state index is 14.7. The van der Waals surface area contributed by atoms with Crippen LogP contribution in [0.3, 0.4) is 0 Å². The molecule has 2 atom stereocenters. The fraction of sp³-hybridized carbons (Fsp3) is 0.440. The third-order valence-corrected chi connectivity index (χ3v) is 6.67. The number of rotatable bonds is 8. The molecule has 0 saturated carbocycles. The van der Waals surface area contributed by atoms with Gasteiger partial charge in [-0.3, -0.25) is 14.8 Å². The number of likely N-dealkylation sites (tertiary alicyclic amines) is 1. The first-order valence-electron chi connectivity index (χ1n) is 11.9. The van der Waals surface area contributed by atoms with E-state index in [1.165, 1.54) is 13.3 Å². The molecule has 0 aromatic carbocycles. The highest BCUT2D eigenvalue weighted by Crippen LogP contribution is 2.29. The van der Waals surface area contributed by atoms with Crippen molar-refractivity contribution in [1.82, 2.24) is 25.2 Å². The summed E-state index contributed by atoms with van der Waals surface area (Å²) in [6.45, 7) is 2.98. The van der Waals surface area contributed by atoms with Gasteiger partial charge in [-0.05, 0) is 25.5 Å². The summed E-state index contributed by atoms with van der Waals surface area (Å²) in [5, 5.41) is 13.3. The Labute approximate surface area is 231 Å². The summed E-state index contributed by atoms with van der Waals surface area (Å²) in [6, 6.07) is 5.05. The van der Waals surface area contributed by atoms with E-state index in [1.807, 2.05) is 6.07 Å². The van der Waals surface area contributed by atoms with E-state index >= 15 is 0 Å². The van der Waals surface area contributed by atoms with Crippen LogP contribution in [0.5, 0.6) is 17.4 Å². The van der Waals surface area contributed by atoms with Crippen LogP contribution in [0, 0.1) is 11.7 Å². The number of carboxylic acid groups (broad SMARTS) is 1. The van der Waals surface area contributed by atoms with Gasteiger partial charge in [-0.1, -0.05) is 0 Å². The van der Waals surface area contributed by atoms with Crippen molar-refractivity contribution < 1.29 is 28.5 Å². The Morgan fingerprint density at radius 1 is 1.21 bits per heavy atom. The van der Waals surface area contributed by atoms with Crippen LogP contribution in [0.15, 0.2) is 30.6 Å². The molecule has 13 heteroatoms. The lowest BCUT2D eigenvalue weighted by atomic mass is 9.91. The van der Waals surface area contributed by atoms with E-state index in [4.69, 9.17) is 14.2 Å². The third-order valence-electron chi connectivity index (χ3n) is 6.67. The number of fused-ring (bicyclic) bond motifs is 2. The van der Waals surface area contributed by atoms with E-state index < -0.39 is 17.7 Å². The van der Waals surface area contributed by atoms with E-state index in [2.05, 4.69) is 25.2 Å². The summed E-state index contributed by atoms with van der Waals surface area (Å²) in [5.74, 6) is -0.232. The van der Waals surface area contributed by atoms with Crippen LogP contribution in [-0.2, 0) is 17.8 Å². The molecule has 38 heavy (non-hydrogen) atoms. The van der Waals surface area contributed by atoms with Gasteiger partial charge in [-0.15, -0.1) is 24.8 Å². The van der Waals surface area contributed by atoms with Crippen molar-refractivity contribution in [3.8, 4) is 17.4 Å². The lowest BCUT2D eigenvalue weighted by molar-refractivity contribution is -0.144. The quantitative estimate of drug-likeness (QED) is 0.419. The van der Waals surface area contributed by atoms with Gasteiger partial charge in [0.1, 0.15) is 19.0 Å². The number of methoxy groups -OCH3 is 1. The van der Waals surface area contributed by atoms with Crippen molar-refractivity contribution >= 4 is 41.8 Å². The van der Waals surface area contributed by atoms with Crippen molar-refractivity contribution in [3.63, 3.8) is 0 Å². The molecule has 2 N–H and O–H groups in total. The Morgan fingerprint density at radius 3 is 2.76 bits per heavy atom. The Hall–Kier alpha value is -2.99. The number of piperidine rings is 1. The van der Waals surface area contributed by atoms with Gasteiger partial charge in [0, 0.05) is 43.4 Å². The second-order valence-electron chi connectivity index (χ2n) is 8.90. The van der Waals surface area contributed by atoms with Gasteiger partial charge in [-0.25, -0.2) is 9.37 Å². The summed E-state index contributed by atoms with van der Waals surface area (Å²) in [6.07, 6.45) is 3.87. The van der Waals surface area contributed by atoms with Crippen molar-refractivity contribution in [1.29, 1.82) is 0 Å². The SMILES string of the molecule is COc1ccc2ncc(F)c(CCN3CC[C@@H](NCc4cc5c(cn4)OCCO5)[C@@H](C(=O)O)C3)c2n1.Cl.Cl. The minimum atomic E-state index is -0.862. The predicted octanol–water partition coefficient (Wildman–Crippen LogP) is 2.89. The molecule has 1 saturated heterocycles. The highest BCUT2D eigenvalue weighted by Gasteiger charge is 2.34. The lowest BCUT2D eigenvalue weighted by Crippen LogP contribution is -2.52. The monoisotopic (exact) mass is 569 g/mol. The normalized spacial score (nSPS) is 18.8. The Kier molecular flexibility index (Phi) is 10.3. The molecule has 5 heterocycles. The maximum Gasteiger partial charge on any atom is 0.309 e. The van der Waals surface area contributed by atoms with Crippen LogP contribution in [0.2, 0.25) is 0 Å². The number of carboxylic acids is 1. The number of nitrogens with zero attached hydrogens (tertiary/aromatic N) is 4. The van der Waals surface area contributed by atoms with Gasteiger partial charge in [0.2, 0.25) is 5.88 Å². The van der Waals surface area contributed by atoms with Crippen LogP contribution < -0.4 is 19.5 Å². The summed E-state index contributed by atoms with van der Waals surface area (Å²) in [7, 11) is 1.51. The average molecular weight is 570 g/mol. The molecule has 10 nitrogen and oxygen atoms in total. The van der Waals surface area contributed by atoms with Crippen molar-refractivity contribution in [2.24, 2.45) is 5.92 Å². The molecule has 0 spiro atoms. The van der Waals surface area contributed by atoms with Crippen LogP contribution >= 0.6 is 24.8 Å². The number of aliphatic carboxylic acids is 1. The summed E-state index contributed by atoms with van der Waals surface area (Å²) in [5.41, 5.74) is 2.27. The van der Waals surface area contributed by atoms with Crippen molar-refractivity contribution in [2.45, 2.75) is 25.4 Å². The number of hydrogen-bond donors (Lipinski definition) is 2. The number of ether oxygens (including phenoxy) is 3. The maximum absolute atomic E-state index is 14.7. The Morgan fingerprint density at radius 2 is 2.00 bits per heavy atom. The van der Waals surface area contributed by atoms with Crippen LogP contribution in [0.25, 0.3) is 11.0 Å². The zero-order valence-corrected chi connectivity index (χ0v) is 22.4. The zero-order valence-electron chi connectivity index (χ0n) is 20.8. The minimum Gasteiger partial charge on any atom is -0.486 e. The van der Waals surface area contributed by atoms with Crippen molar-refractivity contribution in [3.05, 3.63) is 47.7 Å². The largest absolute Gasteiger partial charge is 0.486 e. The number of halogens is 3. The Bertz CT molecular complexity index is 1270. The van der Waals surface area contributed by atoms with Gasteiger partial charge < -0.3 is 29.5 Å². The number of pyridine rings is 3. The Balaban J connectivity index is 0.00000200. The number of hydrogen-bond acceptors (Lipinski definition) is 9. The van der Waals surface area contributed by atoms with E-state index in [0.29, 0.717) is 86.2 Å². The smallest absolute Gasteiger partial charge is 0.309 e. The standard InChI is InChI=1S/C25H28FN5O5.2ClH/c1-34-23-3-2-20-24(30-23)16(18(26)12-29-20)4-6-31-7-5-19(17(14-31)25(32)33)28-11-15-10-21-22(13-27-15)36-9-8-35-21;;/h2-3,10,12-13,17,19,28H,4-9,11,14H2,1H3,(H,32,33);2*1H/t17-,19+;;/m0../s1. The lowest BCUT2D eigenvalue weighted by Gasteiger charge is -2.37. The average Bonchev–Trinajstić information content (AvgIpc) is 2.91. The fourth-order valence-corrected chi connectivity index (χ4v) is 4.74. The second-order valence-corrected chi connectivity index (χ2v) is 8.90. The van der Waals surface area contributed by atoms with Gasteiger partial charge in [0.25, 0.3) is 0 Å². The minimum absolute atomic E-state index is 0. The summed E-state index contributed by atoms with van der Waals surface area (Å²) >= 11 is 0. The molecule has 206 valence electrons. The molecule has 3 aromatic heterocycles. The van der Waals surface area contributed by atoms with E-state index in [1.54, 1.807) is 18.3 Å². The van der Waals surface area contributed by atoms with E-state index in [0.717, 1.165) is 5.69 Å². The molecule has 0 radical (unpaired) electrons. The van der Waals surface area contributed by atoms with Crippen molar-refractivity contribution in [2.75, 3.05) is 40.0 Å². The molecule has 2 aliphatic rings. The molecule has 0 amide bonds. The number of aromatic nitrogens is 3. The predicted molar refractivity (Wildman–Crippen MR) is 142 cm³/mol. The number of carbonyl (C=O) groups is 1. The number of nitrogens with one attached hydrogen (secondary N) is 1. The van der Waals surface area contributed by atoms with Gasteiger partial charge >= 0.3 is 5.97 Å². The summed E-state index contributed by atoms with van der Waals surface area (Å²) in [4.78, 5) is 27.0. The highest BCUT2D eigenvalue weighted by atomic mass is 35.5. The first kappa shape index (κ1) is 29.6. The molecular weight excluding hydrogens is 540 g/mol. The topological polar surface area (TPSA) is 119 Å². The van der Waals surface area contributed by atoms with E-state index in [9.17, 15) is 14.3 Å². The van der Waals surface area contributed by atoms with Gasteiger partial charge in [0.05, 0.1) is 42.1 Å². The van der Waals surface area contributed by atoms with Crippen LogP contribution in [-0.4, -0.2) is 76.9 Å². The molecule has 3 aromatic rings. The van der Waals surface area contributed by atoms with Crippen LogP contribution in [0.4, 0.5) is 4.39 Å². The molecule has 2 aliphatic heterocycles. The van der Waals surface area contributed by atoms with Gasteiger partial charge in [-0.2, -0.15) is 0 Å². The first-order chi connectivity index (χ1) is 17.5. The first-order valence-corrected chi connectivity index (χ1v) is 11.9. The molecule has 0 aliphatic carbocycles. The third kappa shape index (κ3) is 6.52. The van der Waals surface area contributed by atoms with E-state index in [-0.39, 0.29) is 30.9 Å². The summed E-state index contributed by atoms with van der Waals surface area (Å²) < 4.78 is 30.9. The fourth-order valence-electron chi connectivity index (χ4n) is 4.74.